The molecular weight excluding hydrogens is 322 g/mol. The number of hydrogen-bond acceptors (Lipinski definition) is 4. The summed E-state index contributed by atoms with van der Waals surface area (Å²) in [6.07, 6.45) is 1.16. The van der Waals surface area contributed by atoms with E-state index in [2.05, 4.69) is 0 Å². The Bertz CT molecular complexity index is 612. The summed E-state index contributed by atoms with van der Waals surface area (Å²) >= 11 is 0. The van der Waals surface area contributed by atoms with E-state index in [1.807, 2.05) is 35.2 Å². The van der Waals surface area contributed by atoms with Crippen LogP contribution >= 0.6 is 0 Å². The largest absolute Gasteiger partial charge is 0.481 e. The number of rotatable bonds is 7. The summed E-state index contributed by atoms with van der Waals surface area (Å²) in [7, 11) is 1.67. The van der Waals surface area contributed by atoms with Crippen LogP contribution < -0.4 is 5.73 Å². The number of carboxylic acid groups (broad SMARTS) is 1. The highest BCUT2D eigenvalue weighted by Crippen LogP contribution is 2.27. The van der Waals surface area contributed by atoms with Gasteiger partial charge in [0, 0.05) is 13.0 Å². The van der Waals surface area contributed by atoms with Crippen LogP contribution in [0.1, 0.15) is 30.9 Å². The van der Waals surface area contributed by atoms with E-state index in [4.69, 9.17) is 5.73 Å². The number of likely N-dealkylation sites (tertiary alicyclic amines) is 1. The second kappa shape index (κ2) is 8.62. The zero-order valence-electron chi connectivity index (χ0n) is 14.4. The normalized spacial score (nSPS) is 17.0. The molecule has 25 heavy (non-hydrogen) atoms. The molecule has 0 saturated carbocycles. The molecule has 0 spiro atoms. The summed E-state index contributed by atoms with van der Waals surface area (Å²) in [5, 5.41) is 9.22. The van der Waals surface area contributed by atoms with E-state index in [1.165, 1.54) is 0 Å². The Kier molecular flexibility index (Phi) is 6.52. The molecule has 1 heterocycles. The number of carbonyl (C=O) groups is 3. The minimum atomic E-state index is -0.940. The number of primary amides is 1. The molecule has 1 aromatic rings. The topological polar surface area (TPSA) is 104 Å². The van der Waals surface area contributed by atoms with Gasteiger partial charge in [0.05, 0.1) is 19.0 Å². The molecule has 136 valence electrons. The van der Waals surface area contributed by atoms with E-state index in [9.17, 15) is 19.5 Å². The van der Waals surface area contributed by atoms with Crippen molar-refractivity contribution in [3.63, 3.8) is 0 Å². The van der Waals surface area contributed by atoms with Gasteiger partial charge in [-0.1, -0.05) is 30.3 Å². The highest BCUT2D eigenvalue weighted by molar-refractivity contribution is 5.80. The molecule has 7 heteroatoms. The highest BCUT2D eigenvalue weighted by atomic mass is 16.4. The van der Waals surface area contributed by atoms with E-state index in [-0.39, 0.29) is 30.7 Å². The third-order valence-corrected chi connectivity index (χ3v) is 4.68. The third kappa shape index (κ3) is 5.29. The van der Waals surface area contributed by atoms with Crippen LogP contribution in [0, 0.1) is 5.92 Å². The summed E-state index contributed by atoms with van der Waals surface area (Å²) in [5.74, 6) is -1.51. The van der Waals surface area contributed by atoms with Gasteiger partial charge < -0.3 is 15.7 Å². The van der Waals surface area contributed by atoms with Crippen molar-refractivity contribution >= 4 is 17.8 Å². The smallest absolute Gasteiger partial charge is 0.305 e. The fraction of sp³-hybridized carbons (Fsp3) is 0.500. The molecule has 1 fully saturated rings. The molecule has 1 atom stereocenters. The van der Waals surface area contributed by atoms with E-state index in [0.717, 1.165) is 5.56 Å². The molecule has 0 radical (unpaired) electrons. The van der Waals surface area contributed by atoms with Gasteiger partial charge in [0.15, 0.2) is 0 Å². The van der Waals surface area contributed by atoms with Gasteiger partial charge in [0.1, 0.15) is 0 Å². The minimum Gasteiger partial charge on any atom is -0.481 e. The first-order valence-corrected chi connectivity index (χ1v) is 8.42. The number of piperidine rings is 1. The summed E-state index contributed by atoms with van der Waals surface area (Å²) < 4.78 is 0. The van der Waals surface area contributed by atoms with Crippen molar-refractivity contribution in [2.75, 3.05) is 26.7 Å². The maximum absolute atomic E-state index is 12.8. The molecule has 2 amide bonds. The van der Waals surface area contributed by atoms with Gasteiger partial charge in [-0.05, 0) is 31.5 Å². The Hall–Kier alpha value is -2.41. The van der Waals surface area contributed by atoms with Crippen molar-refractivity contribution in [2.45, 2.75) is 25.3 Å². The van der Waals surface area contributed by atoms with Crippen LogP contribution in [-0.2, 0) is 14.4 Å². The number of benzene rings is 1. The monoisotopic (exact) mass is 347 g/mol. The average molecular weight is 347 g/mol. The quantitative estimate of drug-likeness (QED) is 0.761. The van der Waals surface area contributed by atoms with Crippen molar-refractivity contribution in [3.05, 3.63) is 35.9 Å². The average Bonchev–Trinajstić information content (AvgIpc) is 2.59. The standard InChI is InChI=1S/C18H25N3O4/c1-20(15(11-17(23)24)13-5-3-2-4-6-13)18(25)14-7-9-21(10-8-14)12-16(19)22/h2-6,14-15H,7-12H2,1H3,(H2,19,22)(H,23,24)/t15-/m0/s1. The highest BCUT2D eigenvalue weighted by Gasteiger charge is 2.31. The Morgan fingerprint density at radius 3 is 2.36 bits per heavy atom. The number of hydrogen-bond donors (Lipinski definition) is 2. The number of nitrogens with two attached hydrogens (primary N) is 1. The van der Waals surface area contributed by atoms with Crippen LogP contribution in [0.15, 0.2) is 30.3 Å². The first-order valence-electron chi connectivity index (χ1n) is 8.42. The number of aliphatic carboxylic acids is 1. The molecule has 0 aliphatic carbocycles. The fourth-order valence-electron chi connectivity index (χ4n) is 3.32. The third-order valence-electron chi connectivity index (χ3n) is 4.68. The molecule has 1 aliphatic heterocycles. The first-order chi connectivity index (χ1) is 11.9. The zero-order chi connectivity index (χ0) is 18.4. The van der Waals surface area contributed by atoms with Crippen molar-refractivity contribution < 1.29 is 19.5 Å². The zero-order valence-corrected chi connectivity index (χ0v) is 14.4. The Balaban J connectivity index is 2.03. The Morgan fingerprint density at radius 2 is 1.84 bits per heavy atom. The van der Waals surface area contributed by atoms with Gasteiger partial charge in [-0.25, -0.2) is 0 Å². The summed E-state index contributed by atoms with van der Waals surface area (Å²) in [6, 6.07) is 8.72. The lowest BCUT2D eigenvalue weighted by molar-refractivity contribution is -0.142. The van der Waals surface area contributed by atoms with Crippen LogP contribution in [0.3, 0.4) is 0 Å². The molecule has 2 rings (SSSR count). The van der Waals surface area contributed by atoms with Crippen LogP contribution in [0.4, 0.5) is 0 Å². The van der Waals surface area contributed by atoms with Crippen molar-refractivity contribution in [1.82, 2.24) is 9.80 Å². The molecule has 1 saturated heterocycles. The summed E-state index contributed by atoms with van der Waals surface area (Å²) in [6.45, 7) is 1.49. The number of carbonyl (C=O) groups excluding carboxylic acids is 2. The fourth-order valence-corrected chi connectivity index (χ4v) is 3.32. The number of amides is 2. The first kappa shape index (κ1) is 18.9. The molecule has 0 unspecified atom stereocenters. The van der Waals surface area contributed by atoms with Crippen LogP contribution in [0.2, 0.25) is 0 Å². The molecule has 0 bridgehead atoms. The van der Waals surface area contributed by atoms with E-state index >= 15 is 0 Å². The van der Waals surface area contributed by atoms with Gasteiger partial charge in [-0.15, -0.1) is 0 Å². The molecule has 0 aromatic heterocycles. The molecule has 7 nitrogen and oxygen atoms in total. The predicted molar refractivity (Wildman–Crippen MR) is 92.6 cm³/mol. The molecular formula is C18H25N3O4. The Labute approximate surface area is 147 Å². The van der Waals surface area contributed by atoms with Gasteiger partial charge in [-0.2, -0.15) is 0 Å². The summed E-state index contributed by atoms with van der Waals surface area (Å²) in [4.78, 5) is 38.6. The second-order valence-electron chi connectivity index (χ2n) is 6.49. The van der Waals surface area contributed by atoms with E-state index in [1.54, 1.807) is 11.9 Å². The predicted octanol–water partition coefficient (Wildman–Crippen LogP) is 0.858. The van der Waals surface area contributed by atoms with Crippen LogP contribution in [0.25, 0.3) is 0 Å². The van der Waals surface area contributed by atoms with Crippen molar-refractivity contribution in [1.29, 1.82) is 0 Å². The van der Waals surface area contributed by atoms with Gasteiger partial charge >= 0.3 is 5.97 Å². The maximum atomic E-state index is 12.8. The van der Waals surface area contributed by atoms with Crippen molar-refractivity contribution in [2.24, 2.45) is 11.7 Å². The maximum Gasteiger partial charge on any atom is 0.305 e. The lowest BCUT2D eigenvalue weighted by Crippen LogP contribution is -2.44. The molecule has 1 aliphatic rings. The van der Waals surface area contributed by atoms with Gasteiger partial charge in [0.2, 0.25) is 11.8 Å². The number of nitrogens with zero attached hydrogens (tertiary/aromatic N) is 2. The minimum absolute atomic E-state index is 0.0474. The van der Waals surface area contributed by atoms with Gasteiger partial charge in [-0.3, -0.25) is 19.3 Å². The van der Waals surface area contributed by atoms with E-state index < -0.39 is 12.0 Å². The van der Waals surface area contributed by atoms with Crippen molar-refractivity contribution in [3.8, 4) is 0 Å². The van der Waals surface area contributed by atoms with Crippen LogP contribution in [-0.4, -0.2) is 59.4 Å². The summed E-state index contributed by atoms with van der Waals surface area (Å²) in [5.41, 5.74) is 6.02. The number of carboxylic acids is 1. The second-order valence-corrected chi connectivity index (χ2v) is 6.49. The molecule has 1 aromatic carbocycles. The lowest BCUT2D eigenvalue weighted by atomic mass is 9.93. The molecule has 3 N–H and O–H groups in total. The lowest BCUT2D eigenvalue weighted by Gasteiger charge is -2.35. The SMILES string of the molecule is CN(C(=O)C1CCN(CC(N)=O)CC1)[C@@H](CC(=O)O)c1ccccc1. The van der Waals surface area contributed by atoms with E-state index in [0.29, 0.717) is 25.9 Å². The Morgan fingerprint density at radius 1 is 1.24 bits per heavy atom. The van der Waals surface area contributed by atoms with Gasteiger partial charge in [0.25, 0.3) is 0 Å². The van der Waals surface area contributed by atoms with Crippen LogP contribution in [0.5, 0.6) is 0 Å².